The second-order valence-electron chi connectivity index (χ2n) is 6.66. The van der Waals surface area contributed by atoms with Crippen LogP contribution in [0.2, 0.25) is 0 Å². The van der Waals surface area contributed by atoms with Crippen LogP contribution in [0.1, 0.15) is 45.9 Å². The van der Waals surface area contributed by atoms with E-state index in [4.69, 9.17) is 5.73 Å². The van der Waals surface area contributed by atoms with Crippen LogP contribution in [0.3, 0.4) is 0 Å². The highest BCUT2D eigenvalue weighted by Gasteiger charge is 2.24. The molecule has 2 aromatic rings. The first kappa shape index (κ1) is 19.9. The van der Waals surface area contributed by atoms with Gasteiger partial charge in [-0.1, -0.05) is 35.9 Å². The molecule has 0 radical (unpaired) electrons. The van der Waals surface area contributed by atoms with Gasteiger partial charge in [-0.3, -0.25) is 9.59 Å². The average molecular weight is 374 g/mol. The third-order valence-electron chi connectivity index (χ3n) is 4.39. The van der Waals surface area contributed by atoms with Gasteiger partial charge in [0.2, 0.25) is 5.91 Å². The van der Waals surface area contributed by atoms with Crippen LogP contribution in [0.15, 0.2) is 42.5 Å². The van der Waals surface area contributed by atoms with Crippen LogP contribution in [-0.2, 0) is 4.79 Å². The minimum Gasteiger partial charge on any atom is -0.349 e. The standard InChI is InChI=1S/C20H23N3O2.ClH/c1-12-3-6-14(7-4-12)18(21)20(25)23-17-11-15(8-5-13(17)2)19(24)22-16-9-10-16;/h3-8,11,16,18H,9-10,21H2,1-2H3,(H,22,24)(H,23,25);1H. The van der Waals surface area contributed by atoms with E-state index in [1.807, 2.05) is 44.2 Å². The zero-order valence-corrected chi connectivity index (χ0v) is 15.7. The Balaban J connectivity index is 0.00000243. The zero-order chi connectivity index (χ0) is 18.0. The third kappa shape index (κ3) is 4.84. The van der Waals surface area contributed by atoms with E-state index in [9.17, 15) is 9.59 Å². The molecule has 0 aliphatic heterocycles. The molecule has 1 aliphatic carbocycles. The number of anilines is 1. The number of nitrogens with one attached hydrogen (secondary N) is 2. The molecular formula is C20H24ClN3O2. The summed E-state index contributed by atoms with van der Waals surface area (Å²) in [5.74, 6) is -0.410. The highest BCUT2D eigenvalue weighted by atomic mass is 35.5. The Morgan fingerprint density at radius 1 is 1.08 bits per heavy atom. The van der Waals surface area contributed by atoms with Crippen LogP contribution >= 0.6 is 12.4 Å². The Morgan fingerprint density at radius 2 is 1.73 bits per heavy atom. The fourth-order valence-corrected chi connectivity index (χ4v) is 2.53. The number of halogens is 1. The molecule has 1 atom stereocenters. The molecule has 2 amide bonds. The van der Waals surface area contributed by atoms with Crippen molar-refractivity contribution in [2.45, 2.75) is 38.8 Å². The molecule has 5 nitrogen and oxygen atoms in total. The average Bonchev–Trinajstić information content (AvgIpc) is 3.40. The number of nitrogens with two attached hydrogens (primary N) is 1. The lowest BCUT2D eigenvalue weighted by molar-refractivity contribution is -0.117. The lowest BCUT2D eigenvalue weighted by atomic mass is 10.0. The Hall–Kier alpha value is -2.37. The molecule has 4 N–H and O–H groups in total. The second kappa shape index (κ2) is 8.34. The van der Waals surface area contributed by atoms with Crippen molar-refractivity contribution in [3.63, 3.8) is 0 Å². The van der Waals surface area contributed by atoms with E-state index < -0.39 is 6.04 Å². The van der Waals surface area contributed by atoms with Gasteiger partial charge in [0.05, 0.1) is 0 Å². The van der Waals surface area contributed by atoms with E-state index in [0.717, 1.165) is 29.5 Å². The summed E-state index contributed by atoms with van der Waals surface area (Å²) < 4.78 is 0. The number of aryl methyl sites for hydroxylation is 2. The molecule has 3 rings (SSSR count). The Kier molecular flexibility index (Phi) is 6.40. The first-order valence-corrected chi connectivity index (χ1v) is 8.48. The molecule has 26 heavy (non-hydrogen) atoms. The van der Waals surface area contributed by atoms with E-state index in [1.54, 1.807) is 12.1 Å². The summed E-state index contributed by atoms with van der Waals surface area (Å²) in [4.78, 5) is 24.7. The van der Waals surface area contributed by atoms with Gasteiger partial charge < -0.3 is 16.4 Å². The van der Waals surface area contributed by atoms with Crippen LogP contribution < -0.4 is 16.4 Å². The summed E-state index contributed by atoms with van der Waals surface area (Å²) in [7, 11) is 0. The third-order valence-corrected chi connectivity index (χ3v) is 4.39. The molecule has 1 unspecified atom stereocenters. The van der Waals surface area contributed by atoms with Crippen molar-refractivity contribution in [2.75, 3.05) is 5.32 Å². The van der Waals surface area contributed by atoms with Crippen molar-refractivity contribution in [2.24, 2.45) is 5.73 Å². The molecule has 0 aromatic heterocycles. The van der Waals surface area contributed by atoms with Crippen molar-refractivity contribution in [3.8, 4) is 0 Å². The van der Waals surface area contributed by atoms with Gasteiger partial charge in [0.15, 0.2) is 0 Å². The number of hydrogen-bond donors (Lipinski definition) is 3. The monoisotopic (exact) mass is 373 g/mol. The van der Waals surface area contributed by atoms with Gasteiger partial charge in [-0.15, -0.1) is 12.4 Å². The van der Waals surface area contributed by atoms with Crippen LogP contribution in [0.4, 0.5) is 5.69 Å². The fourth-order valence-electron chi connectivity index (χ4n) is 2.53. The molecule has 0 spiro atoms. The zero-order valence-electron chi connectivity index (χ0n) is 14.9. The van der Waals surface area contributed by atoms with Gasteiger partial charge in [0, 0.05) is 17.3 Å². The summed E-state index contributed by atoms with van der Waals surface area (Å²) >= 11 is 0. The minimum absolute atomic E-state index is 0. The van der Waals surface area contributed by atoms with Gasteiger partial charge in [0.25, 0.3) is 5.91 Å². The highest BCUT2D eigenvalue weighted by Crippen LogP contribution is 2.22. The van der Waals surface area contributed by atoms with Gasteiger partial charge in [0.1, 0.15) is 6.04 Å². The molecule has 0 saturated heterocycles. The normalized spacial score (nSPS) is 14.1. The molecule has 1 aliphatic rings. The molecule has 1 fully saturated rings. The number of carbonyl (C=O) groups is 2. The minimum atomic E-state index is -0.760. The number of carbonyl (C=O) groups excluding carboxylic acids is 2. The summed E-state index contributed by atoms with van der Waals surface area (Å²) in [6.07, 6.45) is 2.07. The largest absolute Gasteiger partial charge is 0.349 e. The number of hydrogen-bond acceptors (Lipinski definition) is 3. The van der Waals surface area contributed by atoms with E-state index in [2.05, 4.69) is 10.6 Å². The molecular weight excluding hydrogens is 350 g/mol. The predicted molar refractivity (Wildman–Crippen MR) is 106 cm³/mol. The summed E-state index contributed by atoms with van der Waals surface area (Å²) in [5, 5.41) is 5.79. The Bertz CT molecular complexity index is 801. The van der Waals surface area contributed by atoms with Crippen molar-refractivity contribution in [1.29, 1.82) is 0 Å². The van der Waals surface area contributed by atoms with E-state index in [0.29, 0.717) is 17.3 Å². The molecule has 6 heteroatoms. The fraction of sp³-hybridized carbons (Fsp3) is 0.300. The predicted octanol–water partition coefficient (Wildman–Crippen LogP) is 3.26. The molecule has 1 saturated carbocycles. The summed E-state index contributed by atoms with van der Waals surface area (Å²) in [5.41, 5.74) is 9.96. The van der Waals surface area contributed by atoms with Crippen LogP contribution in [0, 0.1) is 13.8 Å². The topological polar surface area (TPSA) is 84.2 Å². The molecule has 0 bridgehead atoms. The molecule has 2 aromatic carbocycles. The lowest BCUT2D eigenvalue weighted by Crippen LogP contribution is -2.28. The number of amides is 2. The second-order valence-corrected chi connectivity index (χ2v) is 6.66. The van der Waals surface area contributed by atoms with Crippen LogP contribution in [0.25, 0.3) is 0 Å². The maximum atomic E-state index is 12.5. The van der Waals surface area contributed by atoms with Crippen molar-refractivity contribution in [1.82, 2.24) is 5.32 Å². The van der Waals surface area contributed by atoms with Gasteiger partial charge in [-0.2, -0.15) is 0 Å². The quantitative estimate of drug-likeness (QED) is 0.752. The van der Waals surface area contributed by atoms with Crippen molar-refractivity contribution >= 4 is 29.9 Å². The van der Waals surface area contributed by atoms with Gasteiger partial charge >= 0.3 is 0 Å². The Morgan fingerprint density at radius 3 is 2.35 bits per heavy atom. The smallest absolute Gasteiger partial charge is 0.251 e. The van der Waals surface area contributed by atoms with Crippen molar-refractivity contribution < 1.29 is 9.59 Å². The first-order chi connectivity index (χ1) is 11.9. The van der Waals surface area contributed by atoms with Crippen molar-refractivity contribution in [3.05, 3.63) is 64.7 Å². The number of benzene rings is 2. The summed E-state index contributed by atoms with van der Waals surface area (Å²) in [6, 6.07) is 12.4. The maximum absolute atomic E-state index is 12.5. The Labute approximate surface area is 159 Å². The van der Waals surface area contributed by atoms with E-state index in [1.165, 1.54) is 0 Å². The van der Waals surface area contributed by atoms with Crippen LogP contribution in [0.5, 0.6) is 0 Å². The maximum Gasteiger partial charge on any atom is 0.251 e. The lowest BCUT2D eigenvalue weighted by Gasteiger charge is -2.15. The summed E-state index contributed by atoms with van der Waals surface area (Å²) in [6.45, 7) is 3.87. The van der Waals surface area contributed by atoms with E-state index in [-0.39, 0.29) is 24.2 Å². The number of rotatable bonds is 5. The first-order valence-electron chi connectivity index (χ1n) is 8.48. The van der Waals surface area contributed by atoms with Crippen LogP contribution in [-0.4, -0.2) is 17.9 Å². The van der Waals surface area contributed by atoms with E-state index >= 15 is 0 Å². The highest BCUT2D eigenvalue weighted by molar-refractivity contribution is 5.99. The SMILES string of the molecule is Cc1ccc(C(N)C(=O)Nc2cc(C(=O)NC3CC3)ccc2C)cc1.Cl. The molecule has 138 valence electrons. The van der Waals surface area contributed by atoms with Gasteiger partial charge in [-0.25, -0.2) is 0 Å². The molecule has 0 heterocycles. The van der Waals surface area contributed by atoms with Gasteiger partial charge in [-0.05, 0) is 49.9 Å².